The molecule has 1 aromatic rings. The van der Waals surface area contributed by atoms with Crippen LogP contribution in [0.25, 0.3) is 0 Å². The molecule has 0 spiro atoms. The van der Waals surface area contributed by atoms with Crippen molar-refractivity contribution in [3.8, 4) is 0 Å². The van der Waals surface area contributed by atoms with E-state index in [4.69, 9.17) is 0 Å². The van der Waals surface area contributed by atoms with E-state index in [1.54, 1.807) is 0 Å². The molecule has 0 heterocycles. The predicted octanol–water partition coefficient (Wildman–Crippen LogP) is 3.17. The lowest BCUT2D eigenvalue weighted by Gasteiger charge is -2.28. The van der Waals surface area contributed by atoms with Gasteiger partial charge in [0.1, 0.15) is 0 Å². The quantitative estimate of drug-likeness (QED) is 0.880. The second kappa shape index (κ2) is 6.44. The van der Waals surface area contributed by atoms with Crippen LogP contribution in [-0.4, -0.2) is 17.7 Å². The number of hydrogen-bond donors (Lipinski definition) is 2. The summed E-state index contributed by atoms with van der Waals surface area (Å²) in [6.45, 7) is 2.64. The van der Waals surface area contributed by atoms with Crippen molar-refractivity contribution in [3.05, 3.63) is 35.4 Å². The van der Waals surface area contributed by atoms with Gasteiger partial charge >= 0.3 is 0 Å². The largest absolute Gasteiger partial charge is 0.387 e. The summed E-state index contributed by atoms with van der Waals surface area (Å²) in [5, 5.41) is 13.3. The summed E-state index contributed by atoms with van der Waals surface area (Å²) in [7, 11) is 0. The molecule has 0 amide bonds. The molecule has 1 atom stereocenters. The lowest BCUT2D eigenvalue weighted by Crippen LogP contribution is -2.35. The zero-order chi connectivity index (χ0) is 13.8. The normalized spacial score (nSPS) is 25.3. The first-order valence-electron chi connectivity index (χ1n) is 6.92. The van der Waals surface area contributed by atoms with Crippen LogP contribution >= 0.6 is 0 Å². The Kier molecular flexibility index (Phi) is 4.88. The van der Waals surface area contributed by atoms with Crippen molar-refractivity contribution in [2.24, 2.45) is 5.92 Å². The third-order valence-corrected chi connectivity index (χ3v) is 3.94. The van der Waals surface area contributed by atoms with Crippen LogP contribution in [0.2, 0.25) is 0 Å². The highest BCUT2D eigenvalue weighted by atomic mass is 19.2. The van der Waals surface area contributed by atoms with Crippen LogP contribution in [0.15, 0.2) is 18.2 Å². The SMILES string of the molecule is CC1CCC(NCC(O)c2ccc(F)c(F)c2)CC1. The minimum absolute atomic E-state index is 0.379. The third-order valence-electron chi connectivity index (χ3n) is 3.94. The standard InChI is InChI=1S/C15H21F2NO/c1-10-2-5-12(6-3-10)18-9-15(19)11-4-7-13(16)14(17)8-11/h4,7-8,10,12,15,18-19H,2-3,5-6,9H2,1H3. The van der Waals surface area contributed by atoms with Gasteiger partial charge in [0.25, 0.3) is 0 Å². The van der Waals surface area contributed by atoms with Gasteiger partial charge in [0.2, 0.25) is 0 Å². The number of aliphatic hydroxyl groups excluding tert-OH is 1. The maximum absolute atomic E-state index is 13.1. The Morgan fingerprint density at radius 2 is 1.89 bits per heavy atom. The number of rotatable bonds is 4. The summed E-state index contributed by atoms with van der Waals surface area (Å²) in [5.41, 5.74) is 0.413. The van der Waals surface area contributed by atoms with E-state index in [0.717, 1.165) is 30.9 Å². The maximum atomic E-state index is 13.1. The summed E-state index contributed by atoms with van der Waals surface area (Å²) >= 11 is 0. The Hall–Kier alpha value is -1.00. The molecule has 19 heavy (non-hydrogen) atoms. The predicted molar refractivity (Wildman–Crippen MR) is 70.7 cm³/mol. The van der Waals surface area contributed by atoms with Crippen LogP contribution < -0.4 is 5.32 Å². The average molecular weight is 269 g/mol. The van der Waals surface area contributed by atoms with Crippen molar-refractivity contribution in [2.75, 3.05) is 6.54 Å². The molecular formula is C15H21F2NO. The van der Waals surface area contributed by atoms with Crippen LogP contribution in [0.5, 0.6) is 0 Å². The Morgan fingerprint density at radius 3 is 2.53 bits per heavy atom. The van der Waals surface area contributed by atoms with Crippen molar-refractivity contribution < 1.29 is 13.9 Å². The molecule has 1 unspecified atom stereocenters. The highest BCUT2D eigenvalue weighted by Gasteiger charge is 2.19. The monoisotopic (exact) mass is 269 g/mol. The van der Waals surface area contributed by atoms with Gasteiger partial charge < -0.3 is 10.4 Å². The molecule has 2 nitrogen and oxygen atoms in total. The van der Waals surface area contributed by atoms with Crippen LogP contribution in [0.4, 0.5) is 8.78 Å². The average Bonchev–Trinajstić information content (AvgIpc) is 2.41. The van der Waals surface area contributed by atoms with Gasteiger partial charge in [0.15, 0.2) is 11.6 Å². The fourth-order valence-corrected chi connectivity index (χ4v) is 2.58. The van der Waals surface area contributed by atoms with E-state index >= 15 is 0 Å². The fraction of sp³-hybridized carbons (Fsp3) is 0.600. The molecule has 0 bridgehead atoms. The van der Waals surface area contributed by atoms with E-state index < -0.39 is 17.7 Å². The smallest absolute Gasteiger partial charge is 0.159 e. The lowest BCUT2D eigenvalue weighted by molar-refractivity contribution is 0.162. The van der Waals surface area contributed by atoms with E-state index in [9.17, 15) is 13.9 Å². The van der Waals surface area contributed by atoms with Crippen LogP contribution in [0.3, 0.4) is 0 Å². The second-order valence-corrected chi connectivity index (χ2v) is 5.55. The minimum Gasteiger partial charge on any atom is -0.387 e. The van der Waals surface area contributed by atoms with Gasteiger partial charge in [0.05, 0.1) is 6.10 Å². The van der Waals surface area contributed by atoms with Crippen LogP contribution in [-0.2, 0) is 0 Å². The highest BCUT2D eigenvalue weighted by Crippen LogP contribution is 2.24. The number of aliphatic hydroxyl groups is 1. The van der Waals surface area contributed by atoms with Crippen LogP contribution in [0, 0.1) is 17.6 Å². The van der Waals surface area contributed by atoms with Crippen LogP contribution in [0.1, 0.15) is 44.3 Å². The topological polar surface area (TPSA) is 32.3 Å². The number of benzene rings is 1. The van der Waals surface area contributed by atoms with Gasteiger partial charge in [0, 0.05) is 12.6 Å². The van der Waals surface area contributed by atoms with E-state index in [0.29, 0.717) is 18.2 Å². The van der Waals surface area contributed by atoms with Gasteiger partial charge in [-0.2, -0.15) is 0 Å². The Balaban J connectivity index is 1.83. The van der Waals surface area contributed by atoms with Crippen molar-refractivity contribution in [1.29, 1.82) is 0 Å². The van der Waals surface area contributed by atoms with Gasteiger partial charge in [-0.1, -0.05) is 13.0 Å². The Bertz CT molecular complexity index is 417. The minimum atomic E-state index is -0.914. The van der Waals surface area contributed by atoms with Gasteiger partial charge in [-0.15, -0.1) is 0 Å². The van der Waals surface area contributed by atoms with E-state index in [1.807, 2.05) is 0 Å². The van der Waals surface area contributed by atoms with Crippen molar-refractivity contribution in [3.63, 3.8) is 0 Å². The van der Waals surface area contributed by atoms with Gasteiger partial charge in [-0.25, -0.2) is 8.78 Å². The first-order valence-corrected chi connectivity index (χ1v) is 6.92. The molecule has 1 aliphatic carbocycles. The van der Waals surface area contributed by atoms with Crippen molar-refractivity contribution in [2.45, 2.75) is 44.8 Å². The zero-order valence-electron chi connectivity index (χ0n) is 11.2. The fourth-order valence-electron chi connectivity index (χ4n) is 2.58. The highest BCUT2D eigenvalue weighted by molar-refractivity contribution is 5.20. The van der Waals surface area contributed by atoms with Gasteiger partial charge in [-0.05, 0) is 49.3 Å². The molecule has 2 rings (SSSR count). The first-order chi connectivity index (χ1) is 9.06. The lowest BCUT2D eigenvalue weighted by atomic mass is 9.87. The molecule has 106 valence electrons. The molecule has 1 aromatic carbocycles. The van der Waals surface area contributed by atoms with Gasteiger partial charge in [-0.3, -0.25) is 0 Å². The summed E-state index contributed by atoms with van der Waals surface area (Å²) in [4.78, 5) is 0. The molecule has 0 saturated heterocycles. The molecular weight excluding hydrogens is 248 g/mol. The summed E-state index contributed by atoms with van der Waals surface area (Å²) in [5.74, 6) is -1.01. The molecule has 0 aliphatic heterocycles. The van der Waals surface area contributed by atoms with E-state index in [2.05, 4.69) is 12.2 Å². The Labute approximate surface area is 112 Å². The molecule has 0 radical (unpaired) electrons. The maximum Gasteiger partial charge on any atom is 0.159 e. The number of hydrogen-bond acceptors (Lipinski definition) is 2. The second-order valence-electron chi connectivity index (χ2n) is 5.55. The molecule has 4 heteroatoms. The molecule has 1 fully saturated rings. The Morgan fingerprint density at radius 1 is 1.21 bits per heavy atom. The summed E-state index contributed by atoms with van der Waals surface area (Å²) in [6.07, 6.45) is 3.85. The first kappa shape index (κ1) is 14.4. The summed E-state index contributed by atoms with van der Waals surface area (Å²) < 4.78 is 25.9. The molecule has 1 aliphatic rings. The van der Waals surface area contributed by atoms with Crippen molar-refractivity contribution >= 4 is 0 Å². The number of nitrogens with one attached hydrogen (secondary N) is 1. The van der Waals surface area contributed by atoms with E-state index in [1.165, 1.54) is 18.9 Å². The molecule has 0 aromatic heterocycles. The zero-order valence-corrected chi connectivity index (χ0v) is 11.2. The molecule has 2 N–H and O–H groups in total. The molecule has 1 saturated carbocycles. The summed E-state index contributed by atoms with van der Waals surface area (Å²) in [6, 6.07) is 3.96. The van der Waals surface area contributed by atoms with E-state index in [-0.39, 0.29) is 0 Å². The van der Waals surface area contributed by atoms with Crippen molar-refractivity contribution in [1.82, 2.24) is 5.32 Å². The number of halogens is 2. The third kappa shape index (κ3) is 3.98.